The molecule has 0 spiro atoms. The van der Waals surface area contributed by atoms with Crippen molar-refractivity contribution in [3.05, 3.63) is 89.1 Å². The first-order valence-electron chi connectivity index (χ1n) is 10.7. The molecule has 0 bridgehead atoms. The number of aromatic hydroxyl groups is 1. The number of rotatable bonds is 7. The van der Waals surface area contributed by atoms with E-state index in [0.29, 0.717) is 35.6 Å². The number of phenolic OH excluding ortho intramolecular Hbond substituents is 1. The molecule has 3 aromatic rings. The largest absolute Gasteiger partial charge is 0.504 e. The van der Waals surface area contributed by atoms with Crippen LogP contribution in [0, 0.1) is 11.6 Å². The molecule has 1 aliphatic heterocycles. The van der Waals surface area contributed by atoms with E-state index in [-0.39, 0.29) is 16.9 Å². The third-order valence-corrected chi connectivity index (χ3v) is 5.32. The van der Waals surface area contributed by atoms with Crippen molar-refractivity contribution >= 4 is 17.4 Å². The van der Waals surface area contributed by atoms with Crippen LogP contribution in [-0.2, 0) is 11.3 Å². The molecule has 0 atom stereocenters. The average molecular weight is 464 g/mol. The van der Waals surface area contributed by atoms with E-state index in [4.69, 9.17) is 4.74 Å². The molecule has 2 amide bonds. The van der Waals surface area contributed by atoms with Gasteiger partial charge < -0.3 is 15.2 Å². The number of hydrogen-bond acceptors (Lipinski definition) is 5. The summed E-state index contributed by atoms with van der Waals surface area (Å²) >= 11 is 0. The molecule has 174 valence electrons. The Morgan fingerprint density at radius 3 is 2.44 bits per heavy atom. The summed E-state index contributed by atoms with van der Waals surface area (Å²) in [6.07, 6.45) is 2.30. The molecule has 0 fully saturated rings. The van der Waals surface area contributed by atoms with Crippen LogP contribution in [0.15, 0.2) is 60.8 Å². The van der Waals surface area contributed by atoms with Crippen molar-refractivity contribution in [1.29, 1.82) is 0 Å². The standard InChI is InChI=1S/C26H22F2N2O4/c1-2-9-34-24-8-3-15(10-23(24)31)13-29-14-20-19-11-16(17-5-7-21(27)22(28)12-17)4-6-18(19)25(32)30-26(20)33/h3-8,10-12,14,29,31H,2,9,13H2,1H3,(H,30,32,33). The zero-order valence-corrected chi connectivity index (χ0v) is 18.3. The first-order chi connectivity index (χ1) is 16.4. The molecule has 0 unspecified atom stereocenters. The zero-order valence-electron chi connectivity index (χ0n) is 18.3. The normalized spacial score (nSPS) is 14.0. The molecule has 3 aromatic carbocycles. The Morgan fingerprint density at radius 1 is 0.941 bits per heavy atom. The van der Waals surface area contributed by atoms with E-state index in [2.05, 4.69) is 10.6 Å². The highest BCUT2D eigenvalue weighted by molar-refractivity contribution is 6.31. The van der Waals surface area contributed by atoms with Gasteiger partial charge in [0.05, 0.1) is 12.2 Å². The third kappa shape index (κ3) is 4.76. The van der Waals surface area contributed by atoms with E-state index in [9.17, 15) is 23.5 Å². The van der Waals surface area contributed by atoms with Gasteiger partial charge in [-0.2, -0.15) is 0 Å². The lowest BCUT2D eigenvalue weighted by Gasteiger charge is -2.19. The Labute approximate surface area is 194 Å². The Morgan fingerprint density at radius 2 is 1.71 bits per heavy atom. The quantitative estimate of drug-likeness (QED) is 0.353. The monoisotopic (exact) mass is 464 g/mol. The fraction of sp³-hybridized carbons (Fsp3) is 0.154. The van der Waals surface area contributed by atoms with Crippen LogP contribution in [0.4, 0.5) is 8.78 Å². The predicted molar refractivity (Wildman–Crippen MR) is 123 cm³/mol. The number of halogens is 2. The van der Waals surface area contributed by atoms with Gasteiger partial charge in [-0.25, -0.2) is 8.78 Å². The zero-order chi connectivity index (χ0) is 24.2. The number of amides is 2. The minimum atomic E-state index is -0.990. The Hall–Kier alpha value is -4.20. The SMILES string of the molecule is CCCOc1ccc(CNC=C2C(=O)NC(=O)c3ccc(-c4ccc(F)c(F)c4)cc32)cc1O. The molecule has 0 saturated carbocycles. The number of hydrogen-bond donors (Lipinski definition) is 3. The van der Waals surface area contributed by atoms with Gasteiger partial charge in [0, 0.05) is 23.9 Å². The number of phenols is 1. The van der Waals surface area contributed by atoms with Crippen molar-refractivity contribution in [2.24, 2.45) is 0 Å². The summed E-state index contributed by atoms with van der Waals surface area (Å²) in [7, 11) is 0. The van der Waals surface area contributed by atoms with Crippen LogP contribution in [0.5, 0.6) is 11.5 Å². The summed E-state index contributed by atoms with van der Waals surface area (Å²) in [5, 5.41) is 15.4. The molecule has 3 N–H and O–H groups in total. The van der Waals surface area contributed by atoms with Crippen LogP contribution in [0.2, 0.25) is 0 Å². The number of fused-ring (bicyclic) bond motifs is 1. The highest BCUT2D eigenvalue weighted by Crippen LogP contribution is 2.30. The lowest BCUT2D eigenvalue weighted by atomic mass is 9.91. The number of carbonyl (C=O) groups excluding carboxylic acids is 2. The highest BCUT2D eigenvalue weighted by atomic mass is 19.2. The molecule has 8 heteroatoms. The fourth-order valence-corrected chi connectivity index (χ4v) is 3.60. The number of benzene rings is 3. The molecular formula is C26H22F2N2O4. The average Bonchev–Trinajstić information content (AvgIpc) is 2.82. The maximum absolute atomic E-state index is 13.7. The van der Waals surface area contributed by atoms with Crippen LogP contribution in [0.3, 0.4) is 0 Å². The second-order valence-electron chi connectivity index (χ2n) is 7.76. The van der Waals surface area contributed by atoms with Crippen molar-refractivity contribution in [1.82, 2.24) is 10.6 Å². The van der Waals surface area contributed by atoms with Crippen LogP contribution in [0.1, 0.15) is 34.8 Å². The maximum atomic E-state index is 13.7. The second-order valence-corrected chi connectivity index (χ2v) is 7.76. The lowest BCUT2D eigenvalue weighted by molar-refractivity contribution is -0.114. The summed E-state index contributed by atoms with van der Waals surface area (Å²) in [4.78, 5) is 24.8. The predicted octanol–water partition coefficient (Wildman–Crippen LogP) is 4.53. The summed E-state index contributed by atoms with van der Waals surface area (Å²) in [6.45, 7) is 2.76. The summed E-state index contributed by atoms with van der Waals surface area (Å²) in [5.41, 5.74) is 2.56. The number of carbonyl (C=O) groups is 2. The third-order valence-electron chi connectivity index (χ3n) is 5.32. The van der Waals surface area contributed by atoms with Gasteiger partial charge in [-0.1, -0.05) is 25.1 Å². The van der Waals surface area contributed by atoms with Gasteiger partial charge in [-0.15, -0.1) is 0 Å². The topological polar surface area (TPSA) is 87.7 Å². The number of ether oxygens (including phenoxy) is 1. The van der Waals surface area contributed by atoms with E-state index in [1.807, 2.05) is 6.92 Å². The van der Waals surface area contributed by atoms with Gasteiger partial charge in [0.2, 0.25) is 0 Å². The van der Waals surface area contributed by atoms with Gasteiger partial charge in [-0.3, -0.25) is 14.9 Å². The Balaban J connectivity index is 1.59. The lowest BCUT2D eigenvalue weighted by Crippen LogP contribution is -2.37. The van der Waals surface area contributed by atoms with E-state index in [1.165, 1.54) is 18.3 Å². The minimum absolute atomic E-state index is 0.0166. The molecule has 0 radical (unpaired) electrons. The first kappa shape index (κ1) is 23.0. The van der Waals surface area contributed by atoms with Crippen LogP contribution < -0.4 is 15.4 Å². The van der Waals surface area contributed by atoms with Gasteiger partial charge in [-0.05, 0) is 59.5 Å². The molecule has 0 aliphatic carbocycles. The van der Waals surface area contributed by atoms with E-state index in [1.54, 1.807) is 30.3 Å². The maximum Gasteiger partial charge on any atom is 0.260 e. The van der Waals surface area contributed by atoms with Crippen LogP contribution in [-0.4, -0.2) is 23.5 Å². The van der Waals surface area contributed by atoms with Gasteiger partial charge in [0.15, 0.2) is 23.1 Å². The van der Waals surface area contributed by atoms with Crippen molar-refractivity contribution in [2.45, 2.75) is 19.9 Å². The summed E-state index contributed by atoms with van der Waals surface area (Å²) < 4.78 is 32.5. The van der Waals surface area contributed by atoms with Gasteiger partial charge >= 0.3 is 0 Å². The van der Waals surface area contributed by atoms with Crippen molar-refractivity contribution < 1.29 is 28.2 Å². The van der Waals surface area contributed by atoms with E-state index < -0.39 is 23.4 Å². The summed E-state index contributed by atoms with van der Waals surface area (Å²) in [6, 6.07) is 13.3. The van der Waals surface area contributed by atoms with Crippen molar-refractivity contribution in [2.75, 3.05) is 6.61 Å². The smallest absolute Gasteiger partial charge is 0.260 e. The molecule has 0 saturated heterocycles. The van der Waals surface area contributed by atoms with Crippen molar-refractivity contribution in [3.63, 3.8) is 0 Å². The fourth-order valence-electron chi connectivity index (χ4n) is 3.60. The summed E-state index contributed by atoms with van der Waals surface area (Å²) in [5.74, 6) is -2.66. The highest BCUT2D eigenvalue weighted by Gasteiger charge is 2.27. The van der Waals surface area contributed by atoms with Crippen LogP contribution >= 0.6 is 0 Å². The van der Waals surface area contributed by atoms with E-state index in [0.717, 1.165) is 24.1 Å². The minimum Gasteiger partial charge on any atom is -0.504 e. The second kappa shape index (κ2) is 9.74. The molecular weight excluding hydrogens is 442 g/mol. The molecule has 4 rings (SSSR count). The molecule has 34 heavy (non-hydrogen) atoms. The Kier molecular flexibility index (Phi) is 6.58. The first-order valence-corrected chi connectivity index (χ1v) is 10.7. The molecule has 1 heterocycles. The Bertz CT molecular complexity index is 1300. The van der Waals surface area contributed by atoms with E-state index >= 15 is 0 Å². The molecule has 0 aromatic heterocycles. The van der Waals surface area contributed by atoms with Crippen molar-refractivity contribution in [3.8, 4) is 22.6 Å². The van der Waals surface area contributed by atoms with Gasteiger partial charge in [0.1, 0.15) is 0 Å². The number of nitrogens with one attached hydrogen (secondary N) is 2. The molecule has 1 aliphatic rings. The van der Waals surface area contributed by atoms with Crippen LogP contribution in [0.25, 0.3) is 16.7 Å². The number of imide groups is 1. The van der Waals surface area contributed by atoms with Gasteiger partial charge in [0.25, 0.3) is 11.8 Å². The molecule has 6 nitrogen and oxygen atoms in total.